The van der Waals surface area contributed by atoms with Crippen LogP contribution in [-0.4, -0.2) is 47.3 Å². The van der Waals surface area contributed by atoms with E-state index in [2.05, 4.69) is 5.10 Å². The molecule has 1 saturated carbocycles. The molecule has 1 fully saturated rings. The van der Waals surface area contributed by atoms with Crippen LogP contribution in [0.3, 0.4) is 0 Å². The summed E-state index contributed by atoms with van der Waals surface area (Å²) in [5, 5.41) is 4.14. The fourth-order valence-corrected chi connectivity index (χ4v) is 3.20. The van der Waals surface area contributed by atoms with E-state index in [-0.39, 0.29) is 30.0 Å². The molecule has 0 aromatic carbocycles. The van der Waals surface area contributed by atoms with Gasteiger partial charge in [0.1, 0.15) is 5.60 Å². The lowest BCUT2D eigenvalue weighted by Crippen LogP contribution is -2.30. The van der Waals surface area contributed by atoms with E-state index in [1.807, 2.05) is 0 Å². The van der Waals surface area contributed by atoms with Gasteiger partial charge in [0, 0.05) is 13.0 Å². The first-order valence-corrected chi connectivity index (χ1v) is 8.99. The lowest BCUT2D eigenvalue weighted by atomic mass is 9.84. The van der Waals surface area contributed by atoms with Crippen LogP contribution in [0.2, 0.25) is 0 Å². The number of nitrogens with zero attached hydrogens (tertiary/aromatic N) is 2. The molecule has 1 aliphatic rings. The van der Waals surface area contributed by atoms with E-state index >= 15 is 0 Å². The molecule has 1 heterocycles. The molecule has 0 radical (unpaired) electrons. The molecule has 1 aromatic heterocycles. The van der Waals surface area contributed by atoms with E-state index in [1.165, 1.54) is 0 Å². The number of anilines is 1. The van der Waals surface area contributed by atoms with Gasteiger partial charge >= 0.3 is 12.1 Å². The van der Waals surface area contributed by atoms with Gasteiger partial charge in [-0.05, 0) is 53.4 Å². The molecule has 0 amide bonds. The van der Waals surface area contributed by atoms with Crippen LogP contribution >= 0.6 is 0 Å². The fraction of sp³-hybridized carbons (Fsp3) is 0.722. The summed E-state index contributed by atoms with van der Waals surface area (Å²) in [6.45, 7) is 7.21. The topological polar surface area (TPSA) is 106 Å². The van der Waals surface area contributed by atoms with Gasteiger partial charge in [0.2, 0.25) is 0 Å². The number of carbonyl (C=O) groups excluding carboxylic acids is 2. The lowest BCUT2D eigenvalue weighted by Gasteiger charge is -2.28. The summed E-state index contributed by atoms with van der Waals surface area (Å²) in [7, 11) is 1.70. The Morgan fingerprint density at radius 3 is 2.35 bits per heavy atom. The third-order valence-electron chi connectivity index (χ3n) is 4.39. The number of nitrogens with two attached hydrogens (primary N) is 1. The van der Waals surface area contributed by atoms with Crippen molar-refractivity contribution in [1.29, 1.82) is 0 Å². The maximum Gasteiger partial charge on any atom is 0.435 e. The molecule has 0 bridgehead atoms. The van der Waals surface area contributed by atoms with Crippen molar-refractivity contribution in [2.45, 2.75) is 71.0 Å². The molecule has 2 N–H and O–H groups in total. The molecule has 0 spiro atoms. The second-order valence-electron chi connectivity index (χ2n) is 7.47. The van der Waals surface area contributed by atoms with Crippen LogP contribution in [0.15, 0.2) is 0 Å². The van der Waals surface area contributed by atoms with Crippen molar-refractivity contribution in [3.63, 3.8) is 0 Å². The van der Waals surface area contributed by atoms with Crippen molar-refractivity contribution < 1.29 is 23.8 Å². The van der Waals surface area contributed by atoms with Crippen LogP contribution in [0.1, 0.15) is 75.5 Å². The molecule has 8 nitrogen and oxygen atoms in total. The largest absolute Gasteiger partial charge is 0.461 e. The number of hydrogen-bond acceptors (Lipinski definition) is 7. The monoisotopic (exact) mass is 367 g/mol. The molecule has 0 atom stereocenters. The average molecular weight is 367 g/mol. The van der Waals surface area contributed by atoms with Crippen LogP contribution < -0.4 is 5.73 Å². The van der Waals surface area contributed by atoms with Gasteiger partial charge < -0.3 is 19.9 Å². The number of aromatic nitrogens is 2. The summed E-state index contributed by atoms with van der Waals surface area (Å²) in [6.07, 6.45) is 2.85. The second-order valence-corrected chi connectivity index (χ2v) is 7.47. The Hall–Kier alpha value is -2.09. The summed E-state index contributed by atoms with van der Waals surface area (Å²) >= 11 is 0. The Bertz CT molecular complexity index is 655. The molecule has 0 unspecified atom stereocenters. The Balaban J connectivity index is 2.40. The molecule has 1 aromatic rings. The summed E-state index contributed by atoms with van der Waals surface area (Å²) < 4.78 is 17.0. The first kappa shape index (κ1) is 20.2. The first-order chi connectivity index (χ1) is 12.2. The molecule has 0 saturated heterocycles. The summed E-state index contributed by atoms with van der Waals surface area (Å²) in [5.74, 6) is -0.635. The highest BCUT2D eigenvalue weighted by atomic mass is 16.6. The van der Waals surface area contributed by atoms with Gasteiger partial charge in [0.05, 0.1) is 24.1 Å². The maximum absolute atomic E-state index is 12.6. The lowest BCUT2D eigenvalue weighted by molar-refractivity contribution is 0.0486. The zero-order valence-corrected chi connectivity index (χ0v) is 16.2. The molecule has 146 valence electrons. The maximum atomic E-state index is 12.6. The number of rotatable bonds is 4. The zero-order chi connectivity index (χ0) is 19.5. The van der Waals surface area contributed by atoms with E-state index < -0.39 is 17.7 Å². The van der Waals surface area contributed by atoms with Crippen LogP contribution in [0.4, 0.5) is 10.5 Å². The van der Waals surface area contributed by atoms with Gasteiger partial charge in [-0.15, -0.1) is 0 Å². The van der Waals surface area contributed by atoms with E-state index in [0.717, 1.165) is 30.4 Å². The minimum atomic E-state index is -0.688. The van der Waals surface area contributed by atoms with Crippen molar-refractivity contribution in [2.24, 2.45) is 0 Å². The molecular formula is C18H29N3O5. The van der Waals surface area contributed by atoms with E-state index in [1.54, 1.807) is 34.8 Å². The van der Waals surface area contributed by atoms with Crippen molar-refractivity contribution in [3.05, 3.63) is 11.4 Å². The van der Waals surface area contributed by atoms with Gasteiger partial charge in [-0.2, -0.15) is 9.78 Å². The van der Waals surface area contributed by atoms with Crippen LogP contribution in [0.25, 0.3) is 0 Å². The predicted molar refractivity (Wildman–Crippen MR) is 96.2 cm³/mol. The Kier molecular flexibility index (Phi) is 6.28. The van der Waals surface area contributed by atoms with E-state index in [9.17, 15) is 9.59 Å². The third kappa shape index (κ3) is 4.55. The molecular weight excluding hydrogens is 338 g/mol. The Morgan fingerprint density at radius 2 is 1.85 bits per heavy atom. The molecule has 26 heavy (non-hydrogen) atoms. The van der Waals surface area contributed by atoms with Crippen LogP contribution in [-0.2, 0) is 14.2 Å². The predicted octanol–water partition coefficient (Wildman–Crippen LogP) is 3.10. The van der Waals surface area contributed by atoms with E-state index in [0.29, 0.717) is 5.69 Å². The van der Waals surface area contributed by atoms with Gasteiger partial charge in [0.15, 0.2) is 5.69 Å². The third-order valence-corrected chi connectivity index (χ3v) is 4.39. The molecule has 2 rings (SSSR count). The number of esters is 1. The van der Waals surface area contributed by atoms with Gasteiger partial charge in [-0.25, -0.2) is 9.59 Å². The minimum absolute atomic E-state index is 0.00425. The van der Waals surface area contributed by atoms with Crippen molar-refractivity contribution in [2.75, 3.05) is 19.5 Å². The van der Waals surface area contributed by atoms with Crippen LogP contribution in [0.5, 0.6) is 0 Å². The number of nitrogen functional groups attached to an aromatic ring is 1. The second kappa shape index (κ2) is 8.07. The highest BCUT2D eigenvalue weighted by Gasteiger charge is 2.34. The first-order valence-electron chi connectivity index (χ1n) is 8.99. The summed E-state index contributed by atoms with van der Waals surface area (Å²) in [6, 6.07) is 0. The highest BCUT2D eigenvalue weighted by molar-refractivity contribution is 5.94. The summed E-state index contributed by atoms with van der Waals surface area (Å²) in [5.41, 5.74) is 6.20. The average Bonchev–Trinajstić information content (AvgIpc) is 2.91. The molecule has 1 aliphatic carbocycles. The number of ether oxygens (including phenoxy) is 3. The highest BCUT2D eigenvalue weighted by Crippen LogP contribution is 2.38. The summed E-state index contributed by atoms with van der Waals surface area (Å²) in [4.78, 5) is 24.8. The van der Waals surface area contributed by atoms with Crippen molar-refractivity contribution in [1.82, 2.24) is 9.78 Å². The smallest absolute Gasteiger partial charge is 0.435 e. The van der Waals surface area contributed by atoms with Crippen LogP contribution in [0, 0.1) is 0 Å². The van der Waals surface area contributed by atoms with E-state index in [4.69, 9.17) is 19.9 Å². The fourth-order valence-electron chi connectivity index (χ4n) is 3.20. The molecule has 0 aliphatic heterocycles. The minimum Gasteiger partial charge on any atom is -0.461 e. The zero-order valence-electron chi connectivity index (χ0n) is 16.2. The van der Waals surface area contributed by atoms with Gasteiger partial charge in [-0.3, -0.25) is 0 Å². The number of carbonyl (C=O) groups is 2. The van der Waals surface area contributed by atoms with Crippen molar-refractivity contribution in [3.8, 4) is 0 Å². The quantitative estimate of drug-likeness (QED) is 0.815. The van der Waals surface area contributed by atoms with Gasteiger partial charge in [0.25, 0.3) is 0 Å². The van der Waals surface area contributed by atoms with Crippen molar-refractivity contribution >= 4 is 17.7 Å². The Labute approximate surface area is 154 Å². The normalized spacial score (nSPS) is 20.7. The standard InChI is InChI=1S/C18H29N3O5/c1-6-25-16(22)14-13(19)15(11-7-9-12(24-5)10-8-11)21(20-14)17(23)26-18(2,3)4/h11-12H,6-10,19H2,1-5H3. The number of methoxy groups -OCH3 is 1. The van der Waals surface area contributed by atoms with Gasteiger partial charge in [-0.1, -0.05) is 0 Å². The number of hydrogen-bond donors (Lipinski definition) is 1. The SMILES string of the molecule is CCOC(=O)c1nn(C(=O)OC(C)(C)C)c(C2CCC(OC)CC2)c1N. The molecule has 8 heteroatoms. The Morgan fingerprint density at radius 1 is 1.23 bits per heavy atom.